The van der Waals surface area contributed by atoms with Crippen LogP contribution in [0.3, 0.4) is 0 Å². The molecule has 0 unspecified atom stereocenters. The van der Waals surface area contributed by atoms with Gasteiger partial charge in [0.2, 0.25) is 10.0 Å². The van der Waals surface area contributed by atoms with Gasteiger partial charge in [-0.3, -0.25) is 4.79 Å². The quantitative estimate of drug-likeness (QED) is 0.370. The van der Waals surface area contributed by atoms with Gasteiger partial charge in [0.1, 0.15) is 17.6 Å². The van der Waals surface area contributed by atoms with Gasteiger partial charge in [-0.2, -0.15) is 4.31 Å². The lowest BCUT2D eigenvalue weighted by molar-refractivity contribution is -0.273. The highest BCUT2D eigenvalue weighted by Gasteiger charge is 2.47. The minimum atomic E-state index is -4.16. The van der Waals surface area contributed by atoms with Crippen molar-refractivity contribution in [2.45, 2.75) is 55.6 Å². The summed E-state index contributed by atoms with van der Waals surface area (Å²) in [5.74, 6) is 0.00648. The number of rotatable bonds is 13. The van der Waals surface area contributed by atoms with Crippen LogP contribution in [0.4, 0.5) is 4.79 Å². The van der Waals surface area contributed by atoms with Crippen molar-refractivity contribution in [2.75, 3.05) is 33.4 Å². The Labute approximate surface area is 234 Å². The zero-order valence-corrected chi connectivity index (χ0v) is 23.4. The zero-order chi connectivity index (χ0) is 28.9. The van der Waals surface area contributed by atoms with Gasteiger partial charge in [-0.25, -0.2) is 8.42 Å². The van der Waals surface area contributed by atoms with Crippen LogP contribution < -0.4 is 9.84 Å². The first-order chi connectivity index (χ1) is 19.1. The van der Waals surface area contributed by atoms with Crippen LogP contribution in [-0.2, 0) is 30.7 Å². The Morgan fingerprint density at radius 2 is 1.82 bits per heavy atom. The molecule has 0 aromatic heterocycles. The van der Waals surface area contributed by atoms with Crippen molar-refractivity contribution in [2.24, 2.45) is 5.92 Å². The fourth-order valence-corrected chi connectivity index (χ4v) is 6.80. The standard InChI is InChI=1S/C28H36N2O9S/c1-19(31)12-14-29(40(35,36)22-10-8-21(37-2)9-11-22)17-26(32)24(16-20-6-4-3-5-7-20)30(28(33)34)25-18-39-27-23(25)13-15-38-27/h3-11,23-27,32H,12-18H2,1-2H3,(H,33,34)/p-1/t23-,24-,25-,26+,27+/m0/s1. The molecular weight excluding hydrogens is 540 g/mol. The van der Waals surface area contributed by atoms with Gasteiger partial charge in [0, 0.05) is 25.4 Å². The van der Waals surface area contributed by atoms with Crippen molar-refractivity contribution in [3.63, 3.8) is 0 Å². The van der Waals surface area contributed by atoms with Crippen LogP contribution in [0, 0.1) is 5.92 Å². The Morgan fingerprint density at radius 3 is 2.45 bits per heavy atom. The number of carbonyl (C=O) groups excluding carboxylic acids is 2. The van der Waals surface area contributed by atoms with Crippen LogP contribution in [0.15, 0.2) is 59.5 Å². The summed E-state index contributed by atoms with van der Waals surface area (Å²) in [6.45, 7) is 1.22. The number of hydrogen-bond acceptors (Lipinski definition) is 9. The number of carbonyl (C=O) groups is 2. The second kappa shape index (κ2) is 13.1. The molecule has 2 aliphatic heterocycles. The van der Waals surface area contributed by atoms with Crippen molar-refractivity contribution in [3.05, 3.63) is 60.2 Å². The number of carboxylic acid groups (broad SMARTS) is 1. The molecule has 2 aromatic rings. The molecule has 2 saturated heterocycles. The van der Waals surface area contributed by atoms with E-state index in [1.807, 2.05) is 6.07 Å². The van der Waals surface area contributed by atoms with E-state index in [4.69, 9.17) is 14.2 Å². The average molecular weight is 576 g/mol. The minimum absolute atomic E-state index is 0.0458. The van der Waals surface area contributed by atoms with E-state index in [-0.39, 0.29) is 42.6 Å². The SMILES string of the molecule is COc1ccc(S(=O)(=O)N(CCC(C)=O)C[C@@H](O)[C@H](Cc2ccccc2)N(C(=O)[O-])[C@H]2CO[C@H]3OCC[C@H]32)cc1. The fourth-order valence-electron chi connectivity index (χ4n) is 5.34. The third kappa shape index (κ3) is 6.81. The van der Waals surface area contributed by atoms with E-state index in [9.17, 15) is 28.2 Å². The van der Waals surface area contributed by atoms with E-state index in [1.54, 1.807) is 24.3 Å². The largest absolute Gasteiger partial charge is 0.530 e. The second-order valence-electron chi connectivity index (χ2n) is 10.1. The number of hydrogen-bond donors (Lipinski definition) is 1. The molecule has 5 atom stereocenters. The first-order valence-electron chi connectivity index (χ1n) is 13.2. The third-order valence-corrected chi connectivity index (χ3v) is 9.35. The van der Waals surface area contributed by atoms with Gasteiger partial charge in [0.25, 0.3) is 0 Å². The highest BCUT2D eigenvalue weighted by Crippen LogP contribution is 2.36. The summed E-state index contributed by atoms with van der Waals surface area (Å²) in [4.78, 5) is 25.5. The number of methoxy groups -OCH3 is 1. The summed E-state index contributed by atoms with van der Waals surface area (Å²) in [6.07, 6.45) is -2.87. The van der Waals surface area contributed by atoms with Crippen LogP contribution in [0.1, 0.15) is 25.3 Å². The normalized spacial score (nSPS) is 22.1. The fraction of sp³-hybridized carbons (Fsp3) is 0.500. The van der Waals surface area contributed by atoms with E-state index in [1.165, 1.54) is 38.3 Å². The van der Waals surface area contributed by atoms with Gasteiger partial charge in [0.05, 0.1) is 43.4 Å². The summed E-state index contributed by atoms with van der Waals surface area (Å²) < 4.78 is 44.7. The van der Waals surface area contributed by atoms with Crippen molar-refractivity contribution in [3.8, 4) is 5.75 Å². The Morgan fingerprint density at radius 1 is 1.12 bits per heavy atom. The Hall–Kier alpha value is -3.03. The number of aliphatic hydroxyl groups excluding tert-OH is 1. The number of amides is 1. The molecule has 4 rings (SSSR count). The molecule has 2 heterocycles. The molecule has 2 fully saturated rings. The summed E-state index contributed by atoms with van der Waals surface area (Å²) in [7, 11) is -2.70. The van der Waals surface area contributed by atoms with Crippen LogP contribution in [-0.4, -0.2) is 92.5 Å². The van der Waals surface area contributed by atoms with Crippen molar-refractivity contribution < 1.29 is 42.4 Å². The summed E-state index contributed by atoms with van der Waals surface area (Å²) in [5.41, 5.74) is 0.754. The van der Waals surface area contributed by atoms with Gasteiger partial charge in [0.15, 0.2) is 6.29 Å². The number of sulfonamides is 1. The summed E-state index contributed by atoms with van der Waals surface area (Å²) >= 11 is 0. The maximum Gasteiger partial charge on any atom is 0.243 e. The number of aliphatic hydroxyl groups is 1. The van der Waals surface area contributed by atoms with Gasteiger partial charge < -0.3 is 34.1 Å². The first-order valence-corrected chi connectivity index (χ1v) is 14.6. The van der Waals surface area contributed by atoms with E-state index in [2.05, 4.69) is 0 Å². The molecule has 0 spiro atoms. The predicted octanol–water partition coefficient (Wildman–Crippen LogP) is 1.04. The molecule has 2 aliphatic rings. The lowest BCUT2D eigenvalue weighted by Crippen LogP contribution is -2.61. The summed E-state index contributed by atoms with van der Waals surface area (Å²) in [6, 6.07) is 13.1. The Kier molecular flexibility index (Phi) is 9.80. The number of benzene rings is 2. The molecule has 218 valence electrons. The first kappa shape index (κ1) is 29.9. The van der Waals surface area contributed by atoms with Gasteiger partial charge >= 0.3 is 0 Å². The maximum atomic E-state index is 13.7. The van der Waals surface area contributed by atoms with Crippen LogP contribution >= 0.6 is 0 Å². The molecule has 11 nitrogen and oxygen atoms in total. The molecule has 12 heteroatoms. The molecule has 1 N–H and O–H groups in total. The maximum absolute atomic E-state index is 13.7. The van der Waals surface area contributed by atoms with Crippen molar-refractivity contribution >= 4 is 21.9 Å². The third-order valence-electron chi connectivity index (χ3n) is 7.47. The van der Waals surface area contributed by atoms with Crippen LogP contribution in [0.5, 0.6) is 5.75 Å². The van der Waals surface area contributed by atoms with Gasteiger partial charge in [-0.1, -0.05) is 30.3 Å². The molecule has 0 aliphatic carbocycles. The van der Waals surface area contributed by atoms with E-state index >= 15 is 0 Å². The molecule has 0 bridgehead atoms. The van der Waals surface area contributed by atoms with E-state index < -0.39 is 47.1 Å². The van der Waals surface area contributed by atoms with E-state index in [0.717, 1.165) is 14.8 Å². The smallest absolute Gasteiger partial charge is 0.243 e. The van der Waals surface area contributed by atoms with Gasteiger partial charge in [-0.15, -0.1) is 0 Å². The highest BCUT2D eigenvalue weighted by atomic mass is 32.2. The molecule has 0 radical (unpaired) electrons. The Balaban J connectivity index is 1.67. The average Bonchev–Trinajstić information content (AvgIpc) is 3.56. The molecular formula is C28H35N2O9S-. The predicted molar refractivity (Wildman–Crippen MR) is 142 cm³/mol. The number of nitrogens with zero attached hydrogens (tertiary/aromatic N) is 2. The van der Waals surface area contributed by atoms with Crippen LogP contribution in [0.25, 0.3) is 0 Å². The number of ketones is 1. The molecule has 40 heavy (non-hydrogen) atoms. The topological polar surface area (TPSA) is 146 Å². The zero-order valence-electron chi connectivity index (χ0n) is 22.5. The molecule has 1 amide bonds. The Bertz CT molecular complexity index is 1260. The highest BCUT2D eigenvalue weighted by molar-refractivity contribution is 7.89. The van der Waals surface area contributed by atoms with E-state index in [0.29, 0.717) is 18.8 Å². The lowest BCUT2D eigenvalue weighted by Gasteiger charge is -2.43. The number of fused-ring (bicyclic) bond motifs is 1. The van der Waals surface area contributed by atoms with Crippen molar-refractivity contribution in [1.82, 2.24) is 9.21 Å². The number of ether oxygens (including phenoxy) is 3. The van der Waals surface area contributed by atoms with Crippen LogP contribution in [0.2, 0.25) is 0 Å². The molecule has 0 saturated carbocycles. The minimum Gasteiger partial charge on any atom is -0.530 e. The second-order valence-corrected chi connectivity index (χ2v) is 12.0. The monoisotopic (exact) mass is 575 g/mol. The van der Waals surface area contributed by atoms with Gasteiger partial charge in [-0.05, 0) is 49.6 Å². The summed E-state index contributed by atoms with van der Waals surface area (Å²) in [5, 5.41) is 24.2. The number of Topliss-reactive ketones (excluding diaryl/α,β-unsaturated/α-hetero) is 1. The van der Waals surface area contributed by atoms with Crippen molar-refractivity contribution in [1.29, 1.82) is 0 Å². The molecule has 2 aromatic carbocycles. The lowest BCUT2D eigenvalue weighted by atomic mass is 9.93.